The molecule has 5 rings (SSSR count). The average Bonchev–Trinajstić information content (AvgIpc) is 3.51. The molecule has 4 aromatic rings. The highest BCUT2D eigenvalue weighted by Crippen LogP contribution is 2.57. The van der Waals surface area contributed by atoms with E-state index in [-0.39, 0.29) is 46.6 Å². The van der Waals surface area contributed by atoms with E-state index in [1.807, 2.05) is 0 Å². The molecule has 1 fully saturated rings. The minimum atomic E-state index is -3.31. The molecule has 1 aliphatic carbocycles. The van der Waals surface area contributed by atoms with Gasteiger partial charge in [-0.05, 0) is 66.4 Å². The molecule has 0 atom stereocenters. The number of rotatable bonds is 9. The van der Waals surface area contributed by atoms with Crippen LogP contribution in [0.15, 0.2) is 64.0 Å². The molecule has 0 bridgehead atoms. The van der Waals surface area contributed by atoms with Gasteiger partial charge in [-0.15, -0.1) is 0 Å². The molecule has 0 unspecified atom stereocenters. The summed E-state index contributed by atoms with van der Waals surface area (Å²) >= 11 is 13.3. The zero-order valence-electron chi connectivity index (χ0n) is 20.7. The van der Waals surface area contributed by atoms with E-state index < -0.39 is 26.9 Å². The molecule has 1 aliphatic rings. The molecule has 0 N–H and O–H groups in total. The van der Waals surface area contributed by atoms with E-state index in [1.54, 1.807) is 31.2 Å². The second kappa shape index (κ2) is 10.4. The quantitative estimate of drug-likeness (QED) is 0.219. The highest BCUT2D eigenvalue weighted by atomic mass is 35.5. The van der Waals surface area contributed by atoms with Crippen LogP contribution in [-0.4, -0.2) is 30.1 Å². The maximum absolute atomic E-state index is 13.7. The Hall–Kier alpha value is -3.14. The van der Waals surface area contributed by atoms with Crippen molar-refractivity contribution >= 4 is 38.8 Å². The zero-order valence-corrected chi connectivity index (χ0v) is 23.0. The van der Waals surface area contributed by atoms with Gasteiger partial charge in [-0.1, -0.05) is 47.4 Å². The first-order valence-electron chi connectivity index (χ1n) is 12.1. The lowest BCUT2D eigenvalue weighted by atomic mass is 9.93. The van der Waals surface area contributed by atoms with Gasteiger partial charge in [0.1, 0.15) is 5.78 Å². The Kier molecular flexibility index (Phi) is 7.35. The fourth-order valence-corrected chi connectivity index (χ4v) is 6.33. The van der Waals surface area contributed by atoms with E-state index in [0.717, 1.165) is 12.1 Å². The third-order valence-electron chi connectivity index (χ3n) is 6.81. The Morgan fingerprint density at radius 3 is 2.18 bits per heavy atom. The first-order chi connectivity index (χ1) is 18.5. The van der Waals surface area contributed by atoms with Gasteiger partial charge in [0.25, 0.3) is 0 Å². The van der Waals surface area contributed by atoms with Gasteiger partial charge < -0.3 is 4.52 Å². The van der Waals surface area contributed by atoms with E-state index >= 15 is 0 Å². The lowest BCUT2D eigenvalue weighted by Gasteiger charge is -2.16. The highest BCUT2D eigenvalue weighted by molar-refractivity contribution is 7.91. The molecule has 0 radical (unpaired) electrons. The molecule has 202 valence electrons. The number of ketones is 1. The summed E-state index contributed by atoms with van der Waals surface area (Å²) in [5, 5.41) is 4.63. The molecule has 3 aromatic carbocycles. The number of hydrogen-bond donors (Lipinski definition) is 0. The third-order valence-corrected chi connectivity index (χ3v) is 9.16. The topological polar surface area (TPSA) is 90.1 Å². The molecular weight excluding hydrogens is 569 g/mol. The summed E-state index contributed by atoms with van der Waals surface area (Å²) in [6, 6.07) is 13.0. The predicted molar refractivity (Wildman–Crippen MR) is 143 cm³/mol. The molecule has 0 saturated heterocycles. The summed E-state index contributed by atoms with van der Waals surface area (Å²) in [6.07, 6.45) is 1.51. The van der Waals surface area contributed by atoms with Crippen molar-refractivity contribution in [3.8, 4) is 11.4 Å². The summed E-state index contributed by atoms with van der Waals surface area (Å²) in [6.45, 7) is 1.58. The van der Waals surface area contributed by atoms with Crippen molar-refractivity contribution in [1.29, 1.82) is 0 Å². The van der Waals surface area contributed by atoms with Crippen LogP contribution in [0.1, 0.15) is 42.3 Å². The van der Waals surface area contributed by atoms with E-state index in [4.69, 9.17) is 27.7 Å². The molecule has 6 nitrogen and oxygen atoms in total. The van der Waals surface area contributed by atoms with Gasteiger partial charge in [0, 0.05) is 34.0 Å². The van der Waals surface area contributed by atoms with Crippen LogP contribution in [0.25, 0.3) is 11.4 Å². The van der Waals surface area contributed by atoms with Crippen LogP contribution in [0.5, 0.6) is 0 Å². The van der Waals surface area contributed by atoms with Gasteiger partial charge >= 0.3 is 0 Å². The summed E-state index contributed by atoms with van der Waals surface area (Å²) in [5.74, 6) is -1.69. The van der Waals surface area contributed by atoms with E-state index in [0.29, 0.717) is 39.6 Å². The molecule has 1 aromatic heterocycles. The minimum Gasteiger partial charge on any atom is -0.338 e. The lowest BCUT2D eigenvalue weighted by Crippen LogP contribution is -2.12. The van der Waals surface area contributed by atoms with E-state index in [9.17, 15) is 22.0 Å². The van der Waals surface area contributed by atoms with Gasteiger partial charge in [0.2, 0.25) is 11.7 Å². The van der Waals surface area contributed by atoms with Crippen LogP contribution in [0.3, 0.4) is 0 Å². The van der Waals surface area contributed by atoms with Crippen molar-refractivity contribution in [3.63, 3.8) is 0 Å². The monoisotopic (exact) mass is 590 g/mol. The van der Waals surface area contributed by atoms with Crippen molar-refractivity contribution in [1.82, 2.24) is 10.1 Å². The van der Waals surface area contributed by atoms with Crippen molar-refractivity contribution < 1.29 is 26.5 Å². The number of aromatic nitrogens is 2. The van der Waals surface area contributed by atoms with Crippen LogP contribution in [0.2, 0.25) is 10.0 Å². The first kappa shape index (κ1) is 27.4. The van der Waals surface area contributed by atoms with E-state index in [1.165, 1.54) is 18.2 Å². The smallest absolute Gasteiger partial charge is 0.237 e. The molecule has 11 heteroatoms. The molecule has 1 saturated carbocycles. The summed E-state index contributed by atoms with van der Waals surface area (Å²) in [7, 11) is -3.31. The van der Waals surface area contributed by atoms with Crippen LogP contribution >= 0.6 is 23.2 Å². The normalized spacial score (nSPS) is 14.4. The Balaban J connectivity index is 1.33. The van der Waals surface area contributed by atoms with Crippen molar-refractivity contribution in [3.05, 3.63) is 98.9 Å². The second-order valence-electron chi connectivity index (χ2n) is 9.51. The first-order valence-corrected chi connectivity index (χ1v) is 14.5. The Labute approximate surface area is 233 Å². The van der Waals surface area contributed by atoms with Crippen molar-refractivity contribution in [2.75, 3.05) is 5.75 Å². The van der Waals surface area contributed by atoms with Crippen LogP contribution in [0.4, 0.5) is 8.78 Å². The average molecular weight is 591 g/mol. The highest BCUT2D eigenvalue weighted by Gasteiger charge is 2.53. The van der Waals surface area contributed by atoms with Crippen LogP contribution in [-0.2, 0) is 32.9 Å². The summed E-state index contributed by atoms with van der Waals surface area (Å²) < 4.78 is 56.4. The van der Waals surface area contributed by atoms with Gasteiger partial charge in [-0.3, -0.25) is 4.79 Å². The van der Waals surface area contributed by atoms with Gasteiger partial charge in [-0.2, -0.15) is 4.98 Å². The Bertz CT molecular complexity index is 1660. The number of Topliss-reactive ketones (excluding diaryl/α,β-unsaturated/α-hetero) is 1. The predicted octanol–water partition coefficient (Wildman–Crippen LogP) is 6.55. The SMILES string of the molecule is CCS(=O)(=O)c1ccc(CC(=O)Cc2cc(Cl)c(C3(c4nc(-c5ccc(F)c(F)c5)no4)CC3)c(Cl)c2)cc1. The number of benzene rings is 3. The number of carbonyl (C=O) groups excluding carboxylic acids is 1. The number of nitrogens with zero attached hydrogens (tertiary/aromatic N) is 2. The Morgan fingerprint density at radius 2 is 1.59 bits per heavy atom. The fourth-order valence-electron chi connectivity index (χ4n) is 4.55. The second-order valence-corrected chi connectivity index (χ2v) is 12.6. The summed E-state index contributed by atoms with van der Waals surface area (Å²) in [4.78, 5) is 17.4. The number of halogens is 4. The molecule has 0 aliphatic heterocycles. The number of hydrogen-bond acceptors (Lipinski definition) is 6. The van der Waals surface area contributed by atoms with Crippen LogP contribution in [0, 0.1) is 11.6 Å². The largest absolute Gasteiger partial charge is 0.338 e. The molecule has 0 spiro atoms. The standard InChI is InChI=1S/C28H22Cl2F2N2O4S/c1-2-39(36,37)20-6-3-16(4-7-20)11-19(35)12-17-13-21(29)25(22(30)14-17)28(9-10-28)27-33-26(34-38-27)18-5-8-23(31)24(32)15-18/h3-8,13-15H,2,9-12H2,1H3. The maximum atomic E-state index is 13.7. The van der Waals surface area contributed by atoms with Gasteiger partial charge in [0.15, 0.2) is 21.5 Å². The molecule has 1 heterocycles. The lowest BCUT2D eigenvalue weighted by molar-refractivity contribution is -0.117. The minimum absolute atomic E-state index is 0.00592. The van der Waals surface area contributed by atoms with Crippen LogP contribution < -0.4 is 0 Å². The van der Waals surface area contributed by atoms with Crippen molar-refractivity contribution in [2.24, 2.45) is 0 Å². The summed E-state index contributed by atoms with van der Waals surface area (Å²) in [5.41, 5.74) is 1.51. The fraction of sp³-hybridized carbons (Fsp3) is 0.250. The molecule has 0 amide bonds. The Morgan fingerprint density at radius 1 is 0.949 bits per heavy atom. The zero-order chi connectivity index (χ0) is 27.9. The third kappa shape index (κ3) is 5.48. The molecular formula is C28H22Cl2F2N2O4S. The molecule has 39 heavy (non-hydrogen) atoms. The van der Waals surface area contributed by atoms with Crippen molar-refractivity contribution in [2.45, 2.75) is 42.9 Å². The van der Waals surface area contributed by atoms with Gasteiger partial charge in [0.05, 0.1) is 16.1 Å². The van der Waals surface area contributed by atoms with E-state index in [2.05, 4.69) is 10.1 Å². The number of sulfone groups is 1. The maximum Gasteiger partial charge on any atom is 0.237 e. The number of carbonyl (C=O) groups is 1. The van der Waals surface area contributed by atoms with Gasteiger partial charge in [-0.25, -0.2) is 17.2 Å².